The third kappa shape index (κ3) is 2.70. The number of hydrogen-bond donors (Lipinski definition) is 0. The van der Waals surface area contributed by atoms with Crippen LogP contribution in [0.25, 0.3) is 0 Å². The molecule has 0 radical (unpaired) electrons. The zero-order valence-corrected chi connectivity index (χ0v) is 13.2. The average Bonchev–Trinajstić information content (AvgIpc) is 3.08. The quantitative estimate of drug-likeness (QED) is 0.741. The molecule has 0 bridgehead atoms. The summed E-state index contributed by atoms with van der Waals surface area (Å²) in [6.45, 7) is 1.95. The Morgan fingerprint density at radius 1 is 1.26 bits per heavy atom. The van der Waals surface area contributed by atoms with Crippen molar-refractivity contribution in [3.05, 3.63) is 0 Å². The molecule has 5 nitrogen and oxygen atoms in total. The number of likely N-dealkylation sites (tertiary alicyclic amines) is 1. The zero-order valence-electron chi connectivity index (χ0n) is 13.2. The van der Waals surface area contributed by atoms with E-state index < -0.39 is 24.3 Å². The lowest BCUT2D eigenvalue weighted by atomic mass is 9.90. The van der Waals surface area contributed by atoms with Gasteiger partial charge in [0.2, 0.25) is 0 Å². The van der Waals surface area contributed by atoms with Gasteiger partial charge in [0.05, 0.1) is 12.6 Å². The first-order valence-electron chi connectivity index (χ1n) is 8.23. The molecule has 0 aromatic carbocycles. The van der Waals surface area contributed by atoms with Gasteiger partial charge in [0.1, 0.15) is 5.54 Å². The Morgan fingerprint density at radius 2 is 2.00 bits per heavy atom. The smallest absolute Gasteiger partial charge is 0.310 e. The molecule has 130 valence electrons. The number of amides is 3. The van der Waals surface area contributed by atoms with E-state index in [1.54, 1.807) is 4.90 Å². The third-order valence-electron chi connectivity index (χ3n) is 5.22. The summed E-state index contributed by atoms with van der Waals surface area (Å²) in [7, 11) is 0. The molecule has 0 aromatic heterocycles. The highest BCUT2D eigenvalue weighted by Gasteiger charge is 2.60. The van der Waals surface area contributed by atoms with Gasteiger partial charge >= 0.3 is 12.2 Å². The SMILES string of the molecule is CCCC12CCCN1C(=O)N(C1CCN(CC(F)(F)F)C1)C2=O. The Kier molecular flexibility index (Phi) is 4.06. The summed E-state index contributed by atoms with van der Waals surface area (Å²) in [4.78, 5) is 29.7. The van der Waals surface area contributed by atoms with E-state index in [1.165, 1.54) is 9.80 Å². The van der Waals surface area contributed by atoms with Crippen LogP contribution in [0.1, 0.15) is 39.0 Å². The van der Waals surface area contributed by atoms with Crippen LogP contribution < -0.4 is 0 Å². The number of carbonyl (C=O) groups excluding carboxylic acids is 2. The van der Waals surface area contributed by atoms with E-state index in [2.05, 4.69) is 0 Å². The van der Waals surface area contributed by atoms with Crippen molar-refractivity contribution in [2.24, 2.45) is 0 Å². The number of carbonyl (C=O) groups is 2. The van der Waals surface area contributed by atoms with Gasteiger partial charge in [-0.05, 0) is 25.7 Å². The van der Waals surface area contributed by atoms with Crippen molar-refractivity contribution in [3.63, 3.8) is 0 Å². The van der Waals surface area contributed by atoms with E-state index in [-0.39, 0.29) is 25.0 Å². The molecule has 3 heterocycles. The molecule has 0 aliphatic carbocycles. The second-order valence-electron chi connectivity index (χ2n) is 6.79. The molecule has 0 spiro atoms. The molecular weight excluding hydrogens is 311 g/mol. The summed E-state index contributed by atoms with van der Waals surface area (Å²) >= 11 is 0. The fourth-order valence-electron chi connectivity index (χ4n) is 4.34. The van der Waals surface area contributed by atoms with Crippen LogP contribution in [0, 0.1) is 0 Å². The number of nitrogens with zero attached hydrogens (tertiary/aromatic N) is 3. The van der Waals surface area contributed by atoms with Gasteiger partial charge in [0.15, 0.2) is 0 Å². The number of fused-ring (bicyclic) bond motifs is 1. The standard InChI is InChI=1S/C15H22F3N3O2/c1-2-5-14-6-3-7-20(14)13(23)21(12(14)22)11-4-8-19(9-11)10-15(16,17)18/h11H,2-10H2,1H3. The summed E-state index contributed by atoms with van der Waals surface area (Å²) in [5.74, 6) is -0.194. The van der Waals surface area contributed by atoms with E-state index >= 15 is 0 Å². The van der Waals surface area contributed by atoms with Gasteiger partial charge in [0, 0.05) is 19.6 Å². The molecule has 3 saturated heterocycles. The predicted octanol–water partition coefficient (Wildman–Crippen LogP) is 2.22. The van der Waals surface area contributed by atoms with Gasteiger partial charge in [-0.25, -0.2) is 4.79 Å². The Bertz CT molecular complexity index is 511. The number of hydrogen-bond acceptors (Lipinski definition) is 3. The van der Waals surface area contributed by atoms with E-state index in [1.807, 2.05) is 6.92 Å². The van der Waals surface area contributed by atoms with Crippen LogP contribution in [0.4, 0.5) is 18.0 Å². The van der Waals surface area contributed by atoms with Crippen LogP contribution in [0.2, 0.25) is 0 Å². The topological polar surface area (TPSA) is 43.9 Å². The Hall–Kier alpha value is -1.31. The molecule has 3 aliphatic rings. The van der Waals surface area contributed by atoms with Crippen molar-refractivity contribution in [1.82, 2.24) is 14.7 Å². The van der Waals surface area contributed by atoms with Crippen LogP contribution in [-0.2, 0) is 4.79 Å². The van der Waals surface area contributed by atoms with E-state index in [4.69, 9.17) is 0 Å². The minimum atomic E-state index is -4.25. The fraction of sp³-hybridized carbons (Fsp3) is 0.867. The van der Waals surface area contributed by atoms with Crippen LogP contribution in [0.15, 0.2) is 0 Å². The van der Waals surface area contributed by atoms with Crippen LogP contribution in [0.5, 0.6) is 0 Å². The third-order valence-corrected chi connectivity index (χ3v) is 5.22. The van der Waals surface area contributed by atoms with Crippen molar-refractivity contribution in [2.45, 2.75) is 56.8 Å². The predicted molar refractivity (Wildman–Crippen MR) is 76.7 cm³/mol. The number of imide groups is 1. The monoisotopic (exact) mass is 333 g/mol. The van der Waals surface area contributed by atoms with Gasteiger partial charge in [-0.2, -0.15) is 13.2 Å². The lowest BCUT2D eigenvalue weighted by molar-refractivity contribution is -0.144. The number of urea groups is 1. The second-order valence-corrected chi connectivity index (χ2v) is 6.79. The van der Waals surface area contributed by atoms with Gasteiger partial charge < -0.3 is 4.90 Å². The molecule has 3 rings (SSSR count). The Labute approximate surface area is 133 Å². The highest BCUT2D eigenvalue weighted by atomic mass is 19.4. The first kappa shape index (κ1) is 16.5. The summed E-state index contributed by atoms with van der Waals surface area (Å²) in [6, 6.07) is -0.739. The maximum atomic E-state index is 12.9. The molecule has 0 aromatic rings. The highest BCUT2D eigenvalue weighted by Crippen LogP contribution is 2.42. The van der Waals surface area contributed by atoms with Crippen molar-refractivity contribution < 1.29 is 22.8 Å². The van der Waals surface area contributed by atoms with E-state index in [0.29, 0.717) is 25.8 Å². The molecule has 3 fully saturated rings. The molecule has 0 saturated carbocycles. The maximum absolute atomic E-state index is 12.9. The lowest BCUT2D eigenvalue weighted by Gasteiger charge is -2.28. The van der Waals surface area contributed by atoms with Gasteiger partial charge in [-0.15, -0.1) is 0 Å². The largest absolute Gasteiger partial charge is 0.401 e. The maximum Gasteiger partial charge on any atom is 0.401 e. The fourth-order valence-corrected chi connectivity index (χ4v) is 4.34. The van der Waals surface area contributed by atoms with Gasteiger partial charge in [0.25, 0.3) is 5.91 Å². The number of rotatable bonds is 4. The minimum absolute atomic E-state index is 0.118. The van der Waals surface area contributed by atoms with Crippen LogP contribution in [-0.4, -0.2) is 70.6 Å². The summed E-state index contributed by atoms with van der Waals surface area (Å²) in [5, 5.41) is 0. The molecule has 2 atom stereocenters. The van der Waals surface area contributed by atoms with Gasteiger partial charge in [-0.3, -0.25) is 14.6 Å². The molecule has 0 N–H and O–H groups in total. The zero-order chi connectivity index (χ0) is 16.8. The molecule has 2 unspecified atom stereocenters. The second kappa shape index (κ2) is 5.65. The van der Waals surface area contributed by atoms with E-state index in [9.17, 15) is 22.8 Å². The average molecular weight is 333 g/mol. The van der Waals surface area contributed by atoms with Crippen LogP contribution in [0.3, 0.4) is 0 Å². The van der Waals surface area contributed by atoms with Gasteiger partial charge in [-0.1, -0.05) is 13.3 Å². The normalized spacial score (nSPS) is 32.3. The summed E-state index contributed by atoms with van der Waals surface area (Å²) in [6.07, 6.45) is -0.917. The van der Waals surface area contributed by atoms with E-state index in [0.717, 1.165) is 12.8 Å². The lowest BCUT2D eigenvalue weighted by Crippen LogP contribution is -2.47. The molecule has 23 heavy (non-hydrogen) atoms. The Balaban J connectivity index is 1.74. The molecule has 3 aliphatic heterocycles. The summed E-state index contributed by atoms with van der Waals surface area (Å²) < 4.78 is 37.6. The highest BCUT2D eigenvalue weighted by molar-refractivity contribution is 6.07. The van der Waals surface area contributed by atoms with Crippen molar-refractivity contribution >= 4 is 11.9 Å². The summed E-state index contributed by atoms with van der Waals surface area (Å²) in [5.41, 5.74) is -0.733. The molecular formula is C15H22F3N3O2. The molecule has 8 heteroatoms. The van der Waals surface area contributed by atoms with Crippen molar-refractivity contribution in [1.29, 1.82) is 0 Å². The minimum Gasteiger partial charge on any atom is -0.310 e. The number of halogens is 3. The molecule has 3 amide bonds. The first-order valence-corrected chi connectivity index (χ1v) is 8.23. The van der Waals surface area contributed by atoms with Crippen molar-refractivity contribution in [3.8, 4) is 0 Å². The van der Waals surface area contributed by atoms with Crippen LogP contribution >= 0.6 is 0 Å². The Morgan fingerprint density at radius 3 is 2.65 bits per heavy atom. The first-order chi connectivity index (χ1) is 10.8. The van der Waals surface area contributed by atoms with Crippen molar-refractivity contribution in [2.75, 3.05) is 26.2 Å². The number of alkyl halides is 3.